The number of benzene rings is 1. The van der Waals surface area contributed by atoms with Crippen molar-refractivity contribution < 1.29 is 9.53 Å². The Labute approximate surface area is 169 Å². The number of aliphatic imine (C=N–C) groups is 1. The molecule has 1 rings (SSSR count). The summed E-state index contributed by atoms with van der Waals surface area (Å²) < 4.78 is 4.63. The number of carbonyl (C=O) groups is 1. The van der Waals surface area contributed by atoms with Gasteiger partial charge in [-0.05, 0) is 37.8 Å². The van der Waals surface area contributed by atoms with E-state index >= 15 is 0 Å². The van der Waals surface area contributed by atoms with Crippen molar-refractivity contribution in [1.29, 1.82) is 0 Å². The van der Waals surface area contributed by atoms with E-state index in [9.17, 15) is 4.79 Å². The summed E-state index contributed by atoms with van der Waals surface area (Å²) in [6, 6.07) is 8.32. The third-order valence-electron chi connectivity index (χ3n) is 3.84. The van der Waals surface area contributed by atoms with Crippen molar-refractivity contribution in [1.82, 2.24) is 10.6 Å². The number of hydrogen-bond acceptors (Lipinski definition) is 3. The molecular formula is C19H32IN3O2. The fourth-order valence-electron chi connectivity index (χ4n) is 2.35. The zero-order valence-corrected chi connectivity index (χ0v) is 18.0. The molecule has 25 heavy (non-hydrogen) atoms. The highest BCUT2D eigenvalue weighted by Crippen LogP contribution is 2.08. The maximum absolute atomic E-state index is 11.0. The maximum Gasteiger partial charge on any atom is 0.305 e. The summed E-state index contributed by atoms with van der Waals surface area (Å²) in [6.45, 7) is 6.59. The third kappa shape index (κ3) is 11.0. The van der Waals surface area contributed by atoms with Crippen molar-refractivity contribution in [2.75, 3.05) is 20.2 Å². The minimum atomic E-state index is -0.120. The van der Waals surface area contributed by atoms with Gasteiger partial charge in [-0.25, -0.2) is 4.99 Å². The Hall–Kier alpha value is -1.31. The highest BCUT2D eigenvalue weighted by molar-refractivity contribution is 14.0. The zero-order valence-electron chi connectivity index (χ0n) is 15.6. The van der Waals surface area contributed by atoms with Gasteiger partial charge in [0.15, 0.2) is 5.96 Å². The zero-order chi connectivity index (χ0) is 17.6. The summed E-state index contributed by atoms with van der Waals surface area (Å²) in [5.74, 6) is 0.737. The van der Waals surface area contributed by atoms with Gasteiger partial charge < -0.3 is 15.4 Å². The molecule has 1 aromatic carbocycles. The number of nitrogens with one attached hydrogen (secondary N) is 2. The third-order valence-corrected chi connectivity index (χ3v) is 3.84. The largest absolute Gasteiger partial charge is 0.469 e. The van der Waals surface area contributed by atoms with Crippen molar-refractivity contribution in [2.45, 2.75) is 52.5 Å². The Morgan fingerprint density at radius 3 is 2.52 bits per heavy atom. The molecule has 0 radical (unpaired) electrons. The summed E-state index contributed by atoms with van der Waals surface area (Å²) in [7, 11) is 1.44. The van der Waals surface area contributed by atoms with Crippen molar-refractivity contribution in [3.63, 3.8) is 0 Å². The van der Waals surface area contributed by atoms with E-state index in [1.165, 1.54) is 18.2 Å². The van der Waals surface area contributed by atoms with Crippen LogP contribution < -0.4 is 10.6 Å². The average Bonchev–Trinajstić information content (AvgIpc) is 2.59. The molecule has 0 saturated carbocycles. The Balaban J connectivity index is 0.00000576. The SMILES string of the molecule is CCNC(=NCc1ccccc1C)NCCCCCCC(=O)OC.I. The van der Waals surface area contributed by atoms with Crippen LogP contribution in [0.25, 0.3) is 0 Å². The molecule has 0 fully saturated rings. The van der Waals surface area contributed by atoms with Crippen LogP contribution in [0.5, 0.6) is 0 Å². The first-order valence-electron chi connectivity index (χ1n) is 8.81. The van der Waals surface area contributed by atoms with Crippen molar-refractivity contribution in [3.05, 3.63) is 35.4 Å². The second-order valence-electron chi connectivity index (χ2n) is 5.79. The molecule has 0 amide bonds. The molecule has 5 nitrogen and oxygen atoms in total. The van der Waals surface area contributed by atoms with Gasteiger partial charge in [0.25, 0.3) is 0 Å². The predicted octanol–water partition coefficient (Wildman–Crippen LogP) is 3.79. The van der Waals surface area contributed by atoms with Crippen LogP contribution in [0, 0.1) is 6.92 Å². The smallest absolute Gasteiger partial charge is 0.305 e. The molecule has 0 aliphatic heterocycles. The molecule has 0 aromatic heterocycles. The van der Waals surface area contributed by atoms with Gasteiger partial charge in [-0.2, -0.15) is 0 Å². The van der Waals surface area contributed by atoms with Crippen LogP contribution in [0.4, 0.5) is 0 Å². The van der Waals surface area contributed by atoms with Crippen LogP contribution in [0.2, 0.25) is 0 Å². The van der Waals surface area contributed by atoms with Crippen molar-refractivity contribution >= 4 is 35.9 Å². The minimum absolute atomic E-state index is 0. The number of aryl methyl sites for hydroxylation is 1. The molecule has 2 N–H and O–H groups in total. The Bertz CT molecular complexity index is 521. The van der Waals surface area contributed by atoms with Crippen LogP contribution in [0.1, 0.15) is 50.2 Å². The van der Waals surface area contributed by atoms with E-state index in [0.717, 1.165) is 44.7 Å². The summed E-state index contributed by atoms with van der Waals surface area (Å²) >= 11 is 0. The molecule has 0 bridgehead atoms. The molecule has 0 aliphatic rings. The summed E-state index contributed by atoms with van der Waals surface area (Å²) in [6.07, 6.45) is 4.63. The number of esters is 1. The lowest BCUT2D eigenvalue weighted by Crippen LogP contribution is -2.37. The number of ether oxygens (including phenoxy) is 1. The molecule has 0 atom stereocenters. The van der Waals surface area contributed by atoms with Crippen LogP contribution in [-0.4, -0.2) is 32.1 Å². The first-order valence-corrected chi connectivity index (χ1v) is 8.81. The van der Waals surface area contributed by atoms with E-state index in [-0.39, 0.29) is 29.9 Å². The second kappa shape index (κ2) is 15.0. The van der Waals surface area contributed by atoms with Crippen molar-refractivity contribution in [2.24, 2.45) is 4.99 Å². The number of halogens is 1. The van der Waals surface area contributed by atoms with Gasteiger partial charge in [0.2, 0.25) is 0 Å². The number of unbranched alkanes of at least 4 members (excludes halogenated alkanes) is 3. The number of rotatable bonds is 10. The highest BCUT2D eigenvalue weighted by Gasteiger charge is 2.01. The second-order valence-corrected chi connectivity index (χ2v) is 5.79. The van der Waals surface area contributed by atoms with Crippen LogP contribution in [0.3, 0.4) is 0 Å². The van der Waals surface area contributed by atoms with Gasteiger partial charge in [-0.15, -0.1) is 24.0 Å². The van der Waals surface area contributed by atoms with E-state index < -0.39 is 0 Å². The highest BCUT2D eigenvalue weighted by atomic mass is 127. The average molecular weight is 461 g/mol. The van der Waals surface area contributed by atoms with Crippen LogP contribution in [-0.2, 0) is 16.1 Å². The normalized spacial score (nSPS) is 10.8. The van der Waals surface area contributed by atoms with E-state index in [2.05, 4.69) is 46.3 Å². The van der Waals surface area contributed by atoms with Gasteiger partial charge in [-0.1, -0.05) is 37.1 Å². The molecular weight excluding hydrogens is 429 g/mol. The van der Waals surface area contributed by atoms with Crippen molar-refractivity contribution in [3.8, 4) is 0 Å². The number of hydrogen-bond donors (Lipinski definition) is 2. The Kier molecular flexibility index (Phi) is 14.2. The van der Waals surface area contributed by atoms with Gasteiger partial charge >= 0.3 is 5.97 Å². The van der Waals surface area contributed by atoms with Gasteiger partial charge in [0.05, 0.1) is 13.7 Å². The lowest BCUT2D eigenvalue weighted by molar-refractivity contribution is -0.140. The molecule has 1 aromatic rings. The predicted molar refractivity (Wildman–Crippen MR) is 115 cm³/mol. The lowest BCUT2D eigenvalue weighted by atomic mass is 10.1. The molecule has 0 saturated heterocycles. The molecule has 0 heterocycles. The maximum atomic E-state index is 11.0. The molecule has 0 aliphatic carbocycles. The van der Waals surface area contributed by atoms with E-state index in [4.69, 9.17) is 0 Å². The summed E-state index contributed by atoms with van der Waals surface area (Å²) in [4.78, 5) is 15.7. The van der Waals surface area contributed by atoms with E-state index in [1.54, 1.807) is 0 Å². The molecule has 0 unspecified atom stereocenters. The standard InChI is InChI=1S/C19H31N3O2.HI/c1-4-20-19(22-15-17-12-9-8-11-16(17)2)21-14-10-6-5-7-13-18(23)24-3;/h8-9,11-12H,4-7,10,13-15H2,1-3H3,(H2,20,21,22);1H. The topological polar surface area (TPSA) is 62.7 Å². The lowest BCUT2D eigenvalue weighted by Gasteiger charge is -2.11. The van der Waals surface area contributed by atoms with Gasteiger partial charge in [0, 0.05) is 19.5 Å². The first kappa shape index (κ1) is 23.7. The van der Waals surface area contributed by atoms with Gasteiger partial charge in [-0.3, -0.25) is 4.79 Å². The fraction of sp³-hybridized carbons (Fsp3) is 0.579. The number of guanidine groups is 1. The van der Waals surface area contributed by atoms with E-state index in [1.807, 2.05) is 12.1 Å². The first-order chi connectivity index (χ1) is 11.7. The fourth-order valence-corrected chi connectivity index (χ4v) is 2.35. The summed E-state index contributed by atoms with van der Waals surface area (Å²) in [5.41, 5.74) is 2.51. The molecule has 142 valence electrons. The van der Waals surface area contributed by atoms with Gasteiger partial charge in [0.1, 0.15) is 0 Å². The van der Waals surface area contributed by atoms with E-state index in [0.29, 0.717) is 13.0 Å². The number of methoxy groups -OCH3 is 1. The molecule has 6 heteroatoms. The molecule has 0 spiro atoms. The minimum Gasteiger partial charge on any atom is -0.469 e. The number of carbonyl (C=O) groups excluding carboxylic acids is 1. The monoisotopic (exact) mass is 461 g/mol. The number of nitrogens with zero attached hydrogens (tertiary/aromatic N) is 1. The van der Waals surface area contributed by atoms with Crippen LogP contribution in [0.15, 0.2) is 29.3 Å². The summed E-state index contributed by atoms with van der Waals surface area (Å²) in [5, 5.41) is 6.64. The Morgan fingerprint density at radius 1 is 1.12 bits per heavy atom. The quantitative estimate of drug-likeness (QED) is 0.183. The van der Waals surface area contributed by atoms with Crippen LogP contribution >= 0.6 is 24.0 Å². The Morgan fingerprint density at radius 2 is 1.84 bits per heavy atom.